The second-order valence-corrected chi connectivity index (χ2v) is 6.84. The van der Waals surface area contributed by atoms with E-state index in [1.165, 1.54) is 6.42 Å². The largest absolute Gasteiger partial charge is 0.444 e. The van der Waals surface area contributed by atoms with Gasteiger partial charge in [-0.15, -0.1) is 0 Å². The van der Waals surface area contributed by atoms with Crippen LogP contribution in [0.5, 0.6) is 0 Å². The fourth-order valence-electron chi connectivity index (χ4n) is 2.77. The van der Waals surface area contributed by atoms with Gasteiger partial charge < -0.3 is 14.4 Å². The third kappa shape index (κ3) is 2.85. The Morgan fingerprint density at radius 3 is 2.44 bits per heavy atom. The standard InChI is InChI=1S/C14H23NO3/c1-10(16)5-6-11-7-14(11)8-15(9-14)12(17)18-13(2,3)4/h11H,5-9H2,1-4H3. The lowest BCUT2D eigenvalue weighted by Crippen LogP contribution is -2.53. The maximum atomic E-state index is 11.8. The molecule has 0 aromatic carbocycles. The molecule has 0 aromatic rings. The van der Waals surface area contributed by atoms with E-state index in [1.807, 2.05) is 20.8 Å². The zero-order chi connectivity index (χ0) is 13.6. The number of rotatable bonds is 3. The summed E-state index contributed by atoms with van der Waals surface area (Å²) in [6.45, 7) is 8.91. The molecule has 1 unspecified atom stereocenters. The van der Waals surface area contributed by atoms with Gasteiger partial charge in [-0.25, -0.2) is 4.79 Å². The molecule has 2 rings (SSSR count). The molecular formula is C14H23NO3. The molecule has 4 heteroatoms. The molecule has 0 N–H and O–H groups in total. The Hall–Kier alpha value is -1.06. The zero-order valence-electron chi connectivity index (χ0n) is 11.8. The third-order valence-corrected chi connectivity index (χ3v) is 3.87. The summed E-state index contributed by atoms with van der Waals surface area (Å²) in [5, 5.41) is 0. The number of ether oxygens (including phenoxy) is 1. The molecule has 1 atom stereocenters. The fraction of sp³-hybridized carbons (Fsp3) is 0.857. The van der Waals surface area contributed by atoms with Crippen LogP contribution in [0.2, 0.25) is 0 Å². The fourth-order valence-corrected chi connectivity index (χ4v) is 2.77. The molecule has 1 amide bonds. The summed E-state index contributed by atoms with van der Waals surface area (Å²) in [7, 11) is 0. The average Bonchev–Trinajstić information content (AvgIpc) is 2.83. The lowest BCUT2D eigenvalue weighted by atomic mass is 9.92. The van der Waals surface area contributed by atoms with E-state index in [0.29, 0.717) is 17.8 Å². The van der Waals surface area contributed by atoms with Gasteiger partial charge in [-0.1, -0.05) is 0 Å². The van der Waals surface area contributed by atoms with E-state index in [-0.39, 0.29) is 11.9 Å². The van der Waals surface area contributed by atoms with Crippen LogP contribution >= 0.6 is 0 Å². The van der Waals surface area contributed by atoms with Crippen molar-refractivity contribution in [1.82, 2.24) is 4.90 Å². The van der Waals surface area contributed by atoms with Crippen LogP contribution in [0.3, 0.4) is 0 Å². The number of nitrogens with zero attached hydrogens (tertiary/aromatic N) is 1. The minimum atomic E-state index is -0.419. The molecule has 1 saturated carbocycles. The minimum Gasteiger partial charge on any atom is -0.444 e. The summed E-state index contributed by atoms with van der Waals surface area (Å²) in [5.41, 5.74) is -0.0935. The molecule has 102 valence electrons. The van der Waals surface area contributed by atoms with Gasteiger partial charge in [0.2, 0.25) is 0 Å². The van der Waals surface area contributed by atoms with Crippen molar-refractivity contribution in [3.63, 3.8) is 0 Å². The van der Waals surface area contributed by atoms with E-state index < -0.39 is 5.60 Å². The van der Waals surface area contributed by atoms with Crippen LogP contribution in [0.15, 0.2) is 0 Å². The van der Waals surface area contributed by atoms with Gasteiger partial charge in [0, 0.05) is 24.9 Å². The predicted molar refractivity (Wildman–Crippen MR) is 68.3 cm³/mol. The Balaban J connectivity index is 1.72. The molecule has 2 aliphatic rings. The van der Waals surface area contributed by atoms with Crippen molar-refractivity contribution in [1.29, 1.82) is 0 Å². The van der Waals surface area contributed by atoms with Gasteiger partial charge in [0.1, 0.15) is 11.4 Å². The van der Waals surface area contributed by atoms with E-state index in [1.54, 1.807) is 11.8 Å². The van der Waals surface area contributed by atoms with E-state index in [9.17, 15) is 9.59 Å². The Bertz CT molecular complexity index is 364. The van der Waals surface area contributed by atoms with Crippen LogP contribution in [0, 0.1) is 11.3 Å². The second kappa shape index (κ2) is 4.25. The van der Waals surface area contributed by atoms with Gasteiger partial charge in [-0.3, -0.25) is 0 Å². The molecule has 0 radical (unpaired) electrons. The van der Waals surface area contributed by atoms with Gasteiger partial charge in [-0.2, -0.15) is 0 Å². The summed E-state index contributed by atoms with van der Waals surface area (Å²) < 4.78 is 5.33. The number of hydrogen-bond acceptors (Lipinski definition) is 3. The van der Waals surface area contributed by atoms with Crippen LogP contribution in [0.4, 0.5) is 4.79 Å². The number of ketones is 1. The average molecular weight is 253 g/mol. The van der Waals surface area contributed by atoms with Gasteiger partial charge in [0.25, 0.3) is 0 Å². The Morgan fingerprint density at radius 1 is 1.33 bits per heavy atom. The summed E-state index contributed by atoms with van der Waals surface area (Å²) >= 11 is 0. The van der Waals surface area contributed by atoms with Crippen LogP contribution in [0.25, 0.3) is 0 Å². The number of amides is 1. The summed E-state index contributed by atoms with van der Waals surface area (Å²) in [5.74, 6) is 0.903. The van der Waals surface area contributed by atoms with Gasteiger partial charge >= 0.3 is 6.09 Å². The Kier molecular flexibility index (Phi) is 3.16. The van der Waals surface area contributed by atoms with Crippen LogP contribution in [-0.2, 0) is 9.53 Å². The molecule has 1 aliphatic heterocycles. The number of hydrogen-bond donors (Lipinski definition) is 0. The number of likely N-dealkylation sites (tertiary alicyclic amines) is 1. The van der Waals surface area contributed by atoms with E-state index in [0.717, 1.165) is 19.5 Å². The lowest BCUT2D eigenvalue weighted by Gasteiger charge is -2.41. The van der Waals surface area contributed by atoms with Crippen LogP contribution < -0.4 is 0 Å². The first-order chi connectivity index (χ1) is 8.22. The molecule has 1 aliphatic carbocycles. The highest BCUT2D eigenvalue weighted by molar-refractivity contribution is 5.75. The molecule has 0 aromatic heterocycles. The van der Waals surface area contributed by atoms with Gasteiger partial charge in [-0.05, 0) is 46.5 Å². The maximum absolute atomic E-state index is 11.8. The summed E-state index contributed by atoms with van der Waals surface area (Å²) in [4.78, 5) is 24.5. The first-order valence-electron chi connectivity index (χ1n) is 6.69. The van der Waals surface area contributed by atoms with E-state index in [2.05, 4.69) is 0 Å². The molecule has 18 heavy (non-hydrogen) atoms. The van der Waals surface area contributed by atoms with E-state index in [4.69, 9.17) is 4.74 Å². The maximum Gasteiger partial charge on any atom is 0.410 e. The van der Waals surface area contributed by atoms with Crippen LogP contribution in [0.1, 0.15) is 47.0 Å². The van der Waals surface area contributed by atoms with Crippen molar-refractivity contribution in [3.05, 3.63) is 0 Å². The molecule has 2 fully saturated rings. The Labute approximate surface area is 109 Å². The highest BCUT2D eigenvalue weighted by Gasteiger charge is 2.62. The molecule has 1 spiro atoms. The predicted octanol–water partition coefficient (Wildman–Crippen LogP) is 2.61. The highest BCUT2D eigenvalue weighted by Crippen LogP contribution is 2.60. The lowest BCUT2D eigenvalue weighted by molar-refractivity contribution is -0.117. The van der Waals surface area contributed by atoms with Crippen molar-refractivity contribution in [2.45, 2.75) is 52.6 Å². The van der Waals surface area contributed by atoms with Gasteiger partial charge in [0.15, 0.2) is 0 Å². The molecule has 1 heterocycles. The van der Waals surface area contributed by atoms with Crippen molar-refractivity contribution >= 4 is 11.9 Å². The summed E-state index contributed by atoms with van der Waals surface area (Å²) in [6, 6.07) is 0. The molecular weight excluding hydrogens is 230 g/mol. The van der Waals surface area contributed by atoms with E-state index >= 15 is 0 Å². The minimum absolute atomic E-state index is 0.203. The number of Topliss-reactive ketones (excluding diaryl/α,β-unsaturated/α-hetero) is 1. The number of carbonyl (C=O) groups is 2. The van der Waals surface area contributed by atoms with Crippen LogP contribution in [-0.4, -0.2) is 35.5 Å². The van der Waals surface area contributed by atoms with Crippen molar-refractivity contribution in [2.24, 2.45) is 11.3 Å². The first-order valence-corrected chi connectivity index (χ1v) is 6.69. The highest BCUT2D eigenvalue weighted by atomic mass is 16.6. The topological polar surface area (TPSA) is 46.6 Å². The SMILES string of the molecule is CC(=O)CCC1CC12CN(C(=O)OC(C)(C)C)C2. The van der Waals surface area contributed by atoms with Gasteiger partial charge in [0.05, 0.1) is 0 Å². The number of carbonyl (C=O) groups excluding carboxylic acids is 2. The normalized spacial score (nSPS) is 24.7. The first kappa shape index (κ1) is 13.4. The quantitative estimate of drug-likeness (QED) is 0.776. The molecule has 4 nitrogen and oxygen atoms in total. The zero-order valence-corrected chi connectivity index (χ0v) is 11.8. The second-order valence-electron chi connectivity index (χ2n) is 6.84. The smallest absolute Gasteiger partial charge is 0.410 e. The molecule has 1 saturated heterocycles. The Morgan fingerprint density at radius 2 is 1.94 bits per heavy atom. The van der Waals surface area contributed by atoms with Crippen molar-refractivity contribution in [2.75, 3.05) is 13.1 Å². The monoisotopic (exact) mass is 253 g/mol. The molecule has 0 bridgehead atoms. The van der Waals surface area contributed by atoms with Crippen molar-refractivity contribution in [3.8, 4) is 0 Å². The van der Waals surface area contributed by atoms with Crippen molar-refractivity contribution < 1.29 is 14.3 Å². The third-order valence-electron chi connectivity index (χ3n) is 3.87. The summed E-state index contributed by atoms with van der Waals surface area (Å²) in [6.07, 6.45) is 2.63.